The normalized spacial score (nSPS) is 11.9. The predicted molar refractivity (Wildman–Crippen MR) is 83.4 cm³/mol. The third kappa shape index (κ3) is 3.52. The van der Waals surface area contributed by atoms with E-state index in [0.29, 0.717) is 6.42 Å². The summed E-state index contributed by atoms with van der Waals surface area (Å²) in [7, 11) is 0. The first kappa shape index (κ1) is 15.8. The topological polar surface area (TPSA) is 74.6 Å². The number of aryl methyl sites for hydroxylation is 2. The van der Waals surface area contributed by atoms with Crippen molar-refractivity contribution in [2.75, 3.05) is 0 Å². The molecular formula is C18H18O4. The Kier molecular flexibility index (Phi) is 4.61. The molecule has 22 heavy (non-hydrogen) atoms. The van der Waals surface area contributed by atoms with Crippen molar-refractivity contribution in [1.29, 1.82) is 0 Å². The lowest BCUT2D eigenvalue weighted by atomic mass is 9.88. The van der Waals surface area contributed by atoms with Crippen LogP contribution < -0.4 is 0 Å². The molecule has 0 bridgehead atoms. The Morgan fingerprint density at radius 2 is 1.64 bits per heavy atom. The molecule has 0 spiro atoms. The van der Waals surface area contributed by atoms with Crippen LogP contribution in [0.4, 0.5) is 0 Å². The van der Waals surface area contributed by atoms with E-state index in [2.05, 4.69) is 0 Å². The summed E-state index contributed by atoms with van der Waals surface area (Å²) in [5.74, 6) is -2.51. The second kappa shape index (κ2) is 6.43. The van der Waals surface area contributed by atoms with Crippen LogP contribution in [-0.2, 0) is 11.2 Å². The van der Waals surface area contributed by atoms with Gasteiger partial charge in [-0.05, 0) is 49.1 Å². The number of benzene rings is 2. The van der Waals surface area contributed by atoms with Crippen LogP contribution in [0.25, 0.3) is 0 Å². The van der Waals surface area contributed by atoms with Gasteiger partial charge in [-0.2, -0.15) is 0 Å². The molecule has 1 unspecified atom stereocenters. The minimum absolute atomic E-state index is 0.197. The van der Waals surface area contributed by atoms with Gasteiger partial charge in [0.05, 0.1) is 11.5 Å². The van der Waals surface area contributed by atoms with Gasteiger partial charge in [0.2, 0.25) is 0 Å². The van der Waals surface area contributed by atoms with Crippen LogP contribution in [0.2, 0.25) is 0 Å². The molecule has 0 aliphatic carbocycles. The highest BCUT2D eigenvalue weighted by Crippen LogP contribution is 2.25. The lowest BCUT2D eigenvalue weighted by Gasteiger charge is -2.16. The smallest absolute Gasteiger partial charge is 0.335 e. The molecule has 0 amide bonds. The van der Waals surface area contributed by atoms with E-state index in [1.54, 1.807) is 12.1 Å². The van der Waals surface area contributed by atoms with E-state index in [4.69, 9.17) is 5.11 Å². The van der Waals surface area contributed by atoms with Crippen molar-refractivity contribution in [3.63, 3.8) is 0 Å². The Labute approximate surface area is 129 Å². The van der Waals surface area contributed by atoms with Crippen LogP contribution in [0.3, 0.4) is 0 Å². The van der Waals surface area contributed by atoms with Crippen LogP contribution >= 0.6 is 0 Å². The summed E-state index contributed by atoms with van der Waals surface area (Å²) >= 11 is 0. The summed E-state index contributed by atoms with van der Waals surface area (Å²) in [5, 5.41) is 18.4. The van der Waals surface area contributed by atoms with E-state index >= 15 is 0 Å². The number of carbonyl (C=O) groups is 2. The van der Waals surface area contributed by atoms with E-state index in [-0.39, 0.29) is 5.56 Å². The zero-order valence-electron chi connectivity index (χ0n) is 12.5. The number of aliphatic carboxylic acids is 1. The first-order valence-corrected chi connectivity index (χ1v) is 7.00. The number of hydrogen-bond donors (Lipinski definition) is 2. The monoisotopic (exact) mass is 298 g/mol. The van der Waals surface area contributed by atoms with Crippen LogP contribution in [0, 0.1) is 13.8 Å². The van der Waals surface area contributed by atoms with Crippen molar-refractivity contribution in [1.82, 2.24) is 0 Å². The maximum atomic E-state index is 11.6. The summed E-state index contributed by atoms with van der Waals surface area (Å²) in [6.07, 6.45) is 0.333. The fraction of sp³-hybridized carbons (Fsp3) is 0.222. The lowest BCUT2D eigenvalue weighted by molar-refractivity contribution is -0.138. The lowest BCUT2D eigenvalue weighted by Crippen LogP contribution is -2.16. The number of hydrogen-bond acceptors (Lipinski definition) is 2. The Bertz CT molecular complexity index is 702. The van der Waals surface area contributed by atoms with Gasteiger partial charge in [0.1, 0.15) is 0 Å². The van der Waals surface area contributed by atoms with Crippen molar-refractivity contribution in [3.05, 3.63) is 70.3 Å². The number of carboxylic acids is 2. The van der Waals surface area contributed by atoms with Crippen LogP contribution in [0.15, 0.2) is 42.5 Å². The molecule has 2 rings (SSSR count). The fourth-order valence-electron chi connectivity index (χ4n) is 2.48. The summed E-state index contributed by atoms with van der Waals surface area (Å²) in [6, 6.07) is 12.1. The third-order valence-electron chi connectivity index (χ3n) is 3.75. The molecule has 1 atom stereocenters. The van der Waals surface area contributed by atoms with Crippen molar-refractivity contribution in [3.8, 4) is 0 Å². The van der Waals surface area contributed by atoms with Gasteiger partial charge in [-0.25, -0.2) is 4.79 Å². The second-order valence-electron chi connectivity index (χ2n) is 5.46. The van der Waals surface area contributed by atoms with Gasteiger partial charge >= 0.3 is 11.9 Å². The van der Waals surface area contributed by atoms with Gasteiger partial charge in [-0.3, -0.25) is 4.79 Å². The van der Waals surface area contributed by atoms with E-state index < -0.39 is 17.9 Å². The molecule has 2 aromatic rings. The third-order valence-corrected chi connectivity index (χ3v) is 3.75. The Morgan fingerprint density at radius 3 is 2.18 bits per heavy atom. The molecule has 0 aliphatic rings. The average molecular weight is 298 g/mol. The quantitative estimate of drug-likeness (QED) is 0.887. The minimum Gasteiger partial charge on any atom is -0.481 e. The molecule has 4 heteroatoms. The number of aromatic carboxylic acids is 1. The summed E-state index contributed by atoms with van der Waals surface area (Å²) in [6.45, 7) is 3.84. The highest BCUT2D eigenvalue weighted by atomic mass is 16.4. The molecule has 0 fully saturated rings. The van der Waals surface area contributed by atoms with Gasteiger partial charge in [0.15, 0.2) is 0 Å². The van der Waals surface area contributed by atoms with Gasteiger partial charge < -0.3 is 10.2 Å². The molecule has 0 aromatic heterocycles. The molecule has 0 saturated heterocycles. The first-order valence-electron chi connectivity index (χ1n) is 7.00. The molecule has 114 valence electrons. The minimum atomic E-state index is -0.990. The summed E-state index contributed by atoms with van der Waals surface area (Å²) < 4.78 is 0. The molecule has 0 aliphatic heterocycles. The van der Waals surface area contributed by atoms with E-state index in [9.17, 15) is 14.7 Å². The Balaban J connectivity index is 2.31. The standard InChI is InChI=1S/C18H18O4/c1-11-3-4-12(2)15(9-11)16(18(21)22)10-13-5-7-14(8-6-13)17(19)20/h3-9,16H,10H2,1-2H3,(H,19,20)(H,21,22). The average Bonchev–Trinajstić information content (AvgIpc) is 2.47. The SMILES string of the molecule is Cc1ccc(C)c(C(Cc2ccc(C(=O)O)cc2)C(=O)O)c1. The maximum absolute atomic E-state index is 11.6. The molecular weight excluding hydrogens is 280 g/mol. The van der Waals surface area contributed by atoms with Gasteiger partial charge in [0, 0.05) is 0 Å². The maximum Gasteiger partial charge on any atom is 0.335 e. The van der Waals surface area contributed by atoms with Crippen LogP contribution in [-0.4, -0.2) is 22.2 Å². The highest BCUT2D eigenvalue weighted by molar-refractivity contribution is 5.87. The highest BCUT2D eigenvalue weighted by Gasteiger charge is 2.22. The fourth-order valence-corrected chi connectivity index (χ4v) is 2.48. The largest absolute Gasteiger partial charge is 0.481 e. The second-order valence-corrected chi connectivity index (χ2v) is 5.46. The summed E-state index contributed by atoms with van der Waals surface area (Å²) in [4.78, 5) is 22.5. The molecule has 2 N–H and O–H groups in total. The molecule has 0 radical (unpaired) electrons. The molecule has 0 saturated carbocycles. The van der Waals surface area contributed by atoms with Gasteiger partial charge in [0.25, 0.3) is 0 Å². The zero-order valence-corrected chi connectivity index (χ0v) is 12.5. The number of rotatable bonds is 5. The summed E-state index contributed by atoms with van der Waals surface area (Å²) in [5.41, 5.74) is 3.77. The van der Waals surface area contributed by atoms with Gasteiger partial charge in [-0.15, -0.1) is 0 Å². The predicted octanol–water partition coefficient (Wildman–Crippen LogP) is 3.41. The van der Waals surface area contributed by atoms with Gasteiger partial charge in [-0.1, -0.05) is 35.9 Å². The number of carboxylic acid groups (broad SMARTS) is 2. The van der Waals surface area contributed by atoms with E-state index in [1.807, 2.05) is 32.0 Å². The van der Waals surface area contributed by atoms with Crippen LogP contribution in [0.5, 0.6) is 0 Å². The Morgan fingerprint density at radius 1 is 1.00 bits per heavy atom. The molecule has 2 aromatic carbocycles. The Hall–Kier alpha value is -2.62. The van der Waals surface area contributed by atoms with Crippen LogP contribution in [0.1, 0.15) is 38.5 Å². The van der Waals surface area contributed by atoms with Crippen molar-refractivity contribution in [2.45, 2.75) is 26.2 Å². The molecule has 4 nitrogen and oxygen atoms in total. The zero-order chi connectivity index (χ0) is 16.3. The first-order chi connectivity index (χ1) is 10.4. The van der Waals surface area contributed by atoms with E-state index in [1.165, 1.54) is 12.1 Å². The van der Waals surface area contributed by atoms with Crippen molar-refractivity contribution >= 4 is 11.9 Å². The molecule has 0 heterocycles. The van der Waals surface area contributed by atoms with Crippen molar-refractivity contribution < 1.29 is 19.8 Å². The van der Waals surface area contributed by atoms with E-state index in [0.717, 1.165) is 22.3 Å². The van der Waals surface area contributed by atoms with Crippen molar-refractivity contribution in [2.24, 2.45) is 0 Å².